The molecular formula is C12H12ClFN2O2. The van der Waals surface area contributed by atoms with Gasteiger partial charge in [0.05, 0.1) is 30.0 Å². The predicted molar refractivity (Wildman–Crippen MR) is 63.0 cm³/mol. The number of carbonyl (C=O) groups is 1. The molecule has 2 aliphatic heterocycles. The summed E-state index contributed by atoms with van der Waals surface area (Å²) in [6, 6.07) is 1.09. The average molecular weight is 271 g/mol. The number of hydrogen-bond donors (Lipinski definition) is 1. The third kappa shape index (κ3) is 2.08. The number of amides is 1. The van der Waals surface area contributed by atoms with Gasteiger partial charge in [0.15, 0.2) is 0 Å². The van der Waals surface area contributed by atoms with E-state index in [-0.39, 0.29) is 29.0 Å². The molecule has 96 valence electrons. The molecule has 2 aliphatic rings. The van der Waals surface area contributed by atoms with Gasteiger partial charge in [-0.3, -0.25) is 4.79 Å². The van der Waals surface area contributed by atoms with Crippen LogP contribution in [0, 0.1) is 5.82 Å². The smallest absolute Gasteiger partial charge is 0.254 e. The Hall–Kier alpha value is -1.20. The lowest BCUT2D eigenvalue weighted by Gasteiger charge is -2.20. The molecule has 0 saturated carbocycles. The van der Waals surface area contributed by atoms with Crippen LogP contribution in [0.2, 0.25) is 5.15 Å². The summed E-state index contributed by atoms with van der Waals surface area (Å²) in [6.07, 6.45) is 4.15. The van der Waals surface area contributed by atoms with Gasteiger partial charge in [-0.1, -0.05) is 11.6 Å². The summed E-state index contributed by atoms with van der Waals surface area (Å²) >= 11 is 5.79. The maximum Gasteiger partial charge on any atom is 0.254 e. The Morgan fingerprint density at radius 3 is 3.06 bits per heavy atom. The van der Waals surface area contributed by atoms with Gasteiger partial charge in [0, 0.05) is 0 Å². The van der Waals surface area contributed by atoms with Crippen LogP contribution >= 0.6 is 11.6 Å². The van der Waals surface area contributed by atoms with Crippen LogP contribution in [0.5, 0.6) is 0 Å². The van der Waals surface area contributed by atoms with Crippen molar-refractivity contribution in [3.63, 3.8) is 0 Å². The van der Waals surface area contributed by atoms with Gasteiger partial charge in [-0.05, 0) is 25.3 Å². The third-order valence-electron chi connectivity index (χ3n) is 3.47. The minimum atomic E-state index is -0.575. The second kappa shape index (κ2) is 4.48. The Morgan fingerprint density at radius 1 is 1.56 bits per heavy atom. The third-order valence-corrected chi connectivity index (χ3v) is 3.77. The minimum Gasteiger partial charge on any atom is -0.373 e. The molecule has 2 fully saturated rings. The molecule has 2 bridgehead atoms. The van der Waals surface area contributed by atoms with Gasteiger partial charge >= 0.3 is 0 Å². The molecule has 2 saturated heterocycles. The maximum absolute atomic E-state index is 13.0. The van der Waals surface area contributed by atoms with Gasteiger partial charge in [0.2, 0.25) is 0 Å². The van der Waals surface area contributed by atoms with E-state index in [0.29, 0.717) is 0 Å². The number of nitrogens with one attached hydrogen (secondary N) is 1. The number of ether oxygens (including phenoxy) is 1. The average Bonchev–Trinajstić information content (AvgIpc) is 2.94. The number of aromatic nitrogens is 1. The first-order valence-electron chi connectivity index (χ1n) is 5.91. The van der Waals surface area contributed by atoms with Gasteiger partial charge in [-0.15, -0.1) is 0 Å². The predicted octanol–water partition coefficient (Wildman–Crippen LogP) is 1.92. The number of hydrogen-bond acceptors (Lipinski definition) is 3. The number of nitrogens with zero attached hydrogens (tertiary/aromatic N) is 1. The van der Waals surface area contributed by atoms with Crippen LogP contribution in [0.1, 0.15) is 29.6 Å². The van der Waals surface area contributed by atoms with E-state index in [1.165, 1.54) is 0 Å². The van der Waals surface area contributed by atoms with E-state index in [9.17, 15) is 9.18 Å². The minimum absolute atomic E-state index is 0.00409. The molecule has 4 nitrogen and oxygen atoms in total. The second-order valence-corrected chi connectivity index (χ2v) is 5.04. The highest BCUT2D eigenvalue weighted by atomic mass is 35.5. The maximum atomic E-state index is 13.0. The molecule has 1 aromatic heterocycles. The summed E-state index contributed by atoms with van der Waals surface area (Å²) in [5.41, 5.74) is 0.0689. The van der Waals surface area contributed by atoms with Crippen molar-refractivity contribution in [2.24, 2.45) is 0 Å². The van der Waals surface area contributed by atoms with Crippen LogP contribution in [-0.2, 0) is 4.74 Å². The van der Waals surface area contributed by atoms with Gasteiger partial charge in [-0.2, -0.15) is 0 Å². The van der Waals surface area contributed by atoms with Crippen molar-refractivity contribution in [1.29, 1.82) is 0 Å². The first kappa shape index (κ1) is 11.9. The van der Waals surface area contributed by atoms with E-state index in [0.717, 1.165) is 31.5 Å². The van der Waals surface area contributed by atoms with Crippen molar-refractivity contribution in [2.75, 3.05) is 0 Å². The molecule has 0 radical (unpaired) electrons. The highest BCUT2D eigenvalue weighted by Crippen LogP contribution is 2.34. The fourth-order valence-corrected chi connectivity index (χ4v) is 2.81. The summed E-state index contributed by atoms with van der Waals surface area (Å²) in [6.45, 7) is 0. The Balaban J connectivity index is 1.73. The summed E-state index contributed by atoms with van der Waals surface area (Å²) in [7, 11) is 0. The Bertz CT molecular complexity index is 497. The van der Waals surface area contributed by atoms with Gasteiger partial charge < -0.3 is 10.1 Å². The number of rotatable bonds is 2. The molecule has 3 atom stereocenters. The molecule has 3 heterocycles. The highest BCUT2D eigenvalue weighted by molar-refractivity contribution is 6.32. The van der Waals surface area contributed by atoms with E-state index in [4.69, 9.17) is 16.3 Å². The van der Waals surface area contributed by atoms with Crippen molar-refractivity contribution in [3.05, 3.63) is 28.8 Å². The highest BCUT2D eigenvalue weighted by Gasteiger charge is 2.41. The van der Waals surface area contributed by atoms with E-state index < -0.39 is 11.7 Å². The molecule has 6 heteroatoms. The fraction of sp³-hybridized carbons (Fsp3) is 0.500. The SMILES string of the molecule is O=C(NC1CC2CCC1O2)c1cc(F)cnc1Cl. The van der Waals surface area contributed by atoms with Gasteiger partial charge in [-0.25, -0.2) is 9.37 Å². The molecule has 1 N–H and O–H groups in total. The molecule has 0 spiro atoms. The summed E-state index contributed by atoms with van der Waals surface area (Å²) in [4.78, 5) is 15.6. The van der Waals surface area contributed by atoms with Crippen LogP contribution in [-0.4, -0.2) is 29.1 Å². The summed E-state index contributed by atoms with van der Waals surface area (Å²) < 4.78 is 18.7. The van der Waals surface area contributed by atoms with Crippen LogP contribution in [0.4, 0.5) is 4.39 Å². The second-order valence-electron chi connectivity index (χ2n) is 4.68. The van der Waals surface area contributed by atoms with Crippen molar-refractivity contribution in [1.82, 2.24) is 10.3 Å². The lowest BCUT2D eigenvalue weighted by Crippen LogP contribution is -2.41. The monoisotopic (exact) mass is 270 g/mol. The number of pyridine rings is 1. The lowest BCUT2D eigenvalue weighted by molar-refractivity contribution is 0.0840. The summed E-state index contributed by atoms with van der Waals surface area (Å²) in [5, 5.41) is 2.85. The van der Waals surface area contributed by atoms with Crippen LogP contribution in [0.15, 0.2) is 12.3 Å². The number of halogens is 2. The van der Waals surface area contributed by atoms with Gasteiger partial charge in [0.25, 0.3) is 5.91 Å². The van der Waals surface area contributed by atoms with E-state index >= 15 is 0 Å². The van der Waals surface area contributed by atoms with Crippen LogP contribution in [0.3, 0.4) is 0 Å². The molecule has 18 heavy (non-hydrogen) atoms. The van der Waals surface area contributed by atoms with E-state index in [1.807, 2.05) is 0 Å². The van der Waals surface area contributed by atoms with Crippen molar-refractivity contribution in [2.45, 2.75) is 37.5 Å². The Kier molecular flexibility index (Phi) is 2.95. The molecule has 3 rings (SSSR count). The van der Waals surface area contributed by atoms with Gasteiger partial charge in [0.1, 0.15) is 11.0 Å². The first-order valence-corrected chi connectivity index (χ1v) is 6.28. The molecule has 1 amide bonds. The standard InChI is InChI=1S/C12H12ClFN2O2/c13-11-8(3-6(14)5-15-11)12(17)16-9-4-7-1-2-10(9)18-7/h3,5,7,9-10H,1-2,4H2,(H,16,17). The molecule has 0 aliphatic carbocycles. The van der Waals surface area contributed by atoms with E-state index in [1.54, 1.807) is 0 Å². The Labute approximate surface area is 108 Å². The molecular weight excluding hydrogens is 259 g/mol. The van der Waals surface area contributed by atoms with Crippen molar-refractivity contribution < 1.29 is 13.9 Å². The Morgan fingerprint density at radius 2 is 2.39 bits per heavy atom. The molecule has 0 aromatic carbocycles. The zero-order valence-electron chi connectivity index (χ0n) is 9.53. The summed E-state index contributed by atoms with van der Waals surface area (Å²) in [5.74, 6) is -0.970. The quantitative estimate of drug-likeness (QED) is 0.836. The first-order chi connectivity index (χ1) is 8.63. The fourth-order valence-electron chi connectivity index (χ4n) is 2.62. The van der Waals surface area contributed by atoms with Crippen molar-refractivity contribution >= 4 is 17.5 Å². The van der Waals surface area contributed by atoms with Crippen LogP contribution in [0.25, 0.3) is 0 Å². The van der Waals surface area contributed by atoms with E-state index in [2.05, 4.69) is 10.3 Å². The zero-order chi connectivity index (χ0) is 12.7. The number of fused-ring (bicyclic) bond motifs is 2. The van der Waals surface area contributed by atoms with Crippen LogP contribution < -0.4 is 5.32 Å². The van der Waals surface area contributed by atoms with Crippen molar-refractivity contribution in [3.8, 4) is 0 Å². The lowest BCUT2D eigenvalue weighted by atomic mass is 9.95. The largest absolute Gasteiger partial charge is 0.373 e. The zero-order valence-corrected chi connectivity index (χ0v) is 10.3. The molecule has 3 unspecified atom stereocenters. The molecule has 1 aromatic rings. The normalized spacial score (nSPS) is 29.6. The topological polar surface area (TPSA) is 51.2 Å². The number of carbonyl (C=O) groups excluding carboxylic acids is 1.